The van der Waals surface area contributed by atoms with E-state index in [1.54, 1.807) is 0 Å². The summed E-state index contributed by atoms with van der Waals surface area (Å²) in [5.74, 6) is 2.74. The van der Waals surface area contributed by atoms with Crippen LogP contribution < -0.4 is 5.32 Å². The van der Waals surface area contributed by atoms with Gasteiger partial charge in [0.2, 0.25) is 5.89 Å². The van der Waals surface area contributed by atoms with Gasteiger partial charge in [0.15, 0.2) is 5.82 Å². The van der Waals surface area contributed by atoms with Gasteiger partial charge < -0.3 is 14.6 Å². The fourth-order valence-electron chi connectivity index (χ4n) is 3.84. The lowest BCUT2D eigenvalue weighted by molar-refractivity contribution is 0.192. The first-order valence-corrected chi connectivity index (χ1v) is 7.53. The predicted octanol–water partition coefficient (Wildman–Crippen LogP) is 1.65. The molecule has 0 aliphatic carbocycles. The van der Waals surface area contributed by atoms with Crippen molar-refractivity contribution in [1.82, 2.24) is 15.5 Å². The van der Waals surface area contributed by atoms with E-state index in [9.17, 15) is 0 Å². The number of piperidine rings is 1. The summed E-state index contributed by atoms with van der Waals surface area (Å²) in [5.41, 5.74) is 0. The second kappa shape index (κ2) is 4.87. The molecule has 2 bridgehead atoms. The Hall–Kier alpha value is -0.940. The van der Waals surface area contributed by atoms with Gasteiger partial charge in [-0.25, -0.2) is 0 Å². The van der Waals surface area contributed by atoms with Crippen LogP contribution in [-0.2, 0) is 11.2 Å². The summed E-state index contributed by atoms with van der Waals surface area (Å²) in [7, 11) is 0. The number of hydrogen-bond donors (Lipinski definition) is 1. The maximum Gasteiger partial charge on any atom is 0.226 e. The lowest BCUT2D eigenvalue weighted by Crippen LogP contribution is -2.38. The molecule has 0 amide bonds. The minimum Gasteiger partial charge on any atom is -0.381 e. The molecule has 5 heteroatoms. The molecule has 0 saturated carbocycles. The summed E-state index contributed by atoms with van der Waals surface area (Å²) in [6, 6.07) is 1.46. The summed E-state index contributed by atoms with van der Waals surface area (Å²) in [4.78, 5) is 4.58. The lowest BCUT2D eigenvalue weighted by atomic mass is 9.90. The molecule has 0 radical (unpaired) electrons. The SMILES string of the molecule is C1CC(c2noc(CC3CC4CCC(C3)N4)n2)CO1. The van der Waals surface area contributed by atoms with E-state index in [1.807, 2.05) is 0 Å². The van der Waals surface area contributed by atoms with Gasteiger partial charge in [0.1, 0.15) is 0 Å². The third-order valence-corrected chi connectivity index (χ3v) is 4.81. The van der Waals surface area contributed by atoms with E-state index in [0.29, 0.717) is 11.8 Å². The Morgan fingerprint density at radius 1 is 1.16 bits per heavy atom. The molecule has 1 N–H and O–H groups in total. The lowest BCUT2D eigenvalue weighted by Gasteiger charge is -2.28. The largest absolute Gasteiger partial charge is 0.381 e. The summed E-state index contributed by atoms with van der Waals surface area (Å²) in [6.07, 6.45) is 7.19. The van der Waals surface area contributed by atoms with Crippen LogP contribution in [0, 0.1) is 5.92 Å². The summed E-state index contributed by atoms with van der Waals surface area (Å²) in [5, 5.41) is 7.81. The second-order valence-electron chi connectivity index (χ2n) is 6.29. The zero-order valence-electron chi connectivity index (χ0n) is 11.2. The molecule has 3 unspecified atom stereocenters. The summed E-state index contributed by atoms with van der Waals surface area (Å²) in [6.45, 7) is 1.57. The van der Waals surface area contributed by atoms with Gasteiger partial charge in [-0.2, -0.15) is 4.98 Å². The molecule has 0 spiro atoms. The number of nitrogens with one attached hydrogen (secondary N) is 1. The Morgan fingerprint density at radius 3 is 2.74 bits per heavy atom. The van der Waals surface area contributed by atoms with Crippen molar-refractivity contribution in [2.45, 2.75) is 56.5 Å². The van der Waals surface area contributed by atoms with Crippen molar-refractivity contribution < 1.29 is 9.26 Å². The van der Waals surface area contributed by atoms with Crippen molar-refractivity contribution in [3.63, 3.8) is 0 Å². The Kier molecular flexibility index (Phi) is 3.04. The quantitative estimate of drug-likeness (QED) is 0.898. The van der Waals surface area contributed by atoms with Crippen molar-refractivity contribution in [2.75, 3.05) is 13.2 Å². The number of aromatic nitrogens is 2. The van der Waals surface area contributed by atoms with Crippen LogP contribution in [0.1, 0.15) is 49.7 Å². The Balaban J connectivity index is 1.40. The molecular formula is C14H21N3O2. The van der Waals surface area contributed by atoms with Gasteiger partial charge >= 0.3 is 0 Å². The summed E-state index contributed by atoms with van der Waals surface area (Å²) < 4.78 is 10.8. The van der Waals surface area contributed by atoms with Gasteiger partial charge in [0, 0.05) is 31.0 Å². The van der Waals surface area contributed by atoms with Crippen LogP contribution in [0.15, 0.2) is 4.52 Å². The fourth-order valence-corrected chi connectivity index (χ4v) is 3.84. The Morgan fingerprint density at radius 2 is 2.00 bits per heavy atom. The molecule has 4 heterocycles. The van der Waals surface area contributed by atoms with Gasteiger partial charge in [-0.15, -0.1) is 0 Å². The maximum atomic E-state index is 5.43. The van der Waals surface area contributed by atoms with E-state index in [2.05, 4.69) is 15.5 Å². The first-order chi connectivity index (χ1) is 9.37. The third-order valence-electron chi connectivity index (χ3n) is 4.81. The number of nitrogens with zero attached hydrogens (tertiary/aromatic N) is 2. The molecule has 0 aromatic carbocycles. The normalized spacial score (nSPS) is 37.9. The zero-order chi connectivity index (χ0) is 12.7. The Bertz CT molecular complexity index is 430. The zero-order valence-corrected chi connectivity index (χ0v) is 11.2. The minimum absolute atomic E-state index is 0.349. The Labute approximate surface area is 113 Å². The number of ether oxygens (including phenoxy) is 1. The van der Waals surface area contributed by atoms with Crippen LogP contribution in [-0.4, -0.2) is 35.4 Å². The average molecular weight is 263 g/mol. The maximum absolute atomic E-state index is 5.43. The highest BCUT2D eigenvalue weighted by Gasteiger charge is 2.34. The van der Waals surface area contributed by atoms with E-state index >= 15 is 0 Å². The van der Waals surface area contributed by atoms with Crippen molar-refractivity contribution >= 4 is 0 Å². The average Bonchev–Trinajstić information content (AvgIpc) is 3.10. The molecule has 3 aliphatic heterocycles. The monoisotopic (exact) mass is 263 g/mol. The van der Waals surface area contributed by atoms with E-state index in [1.165, 1.54) is 25.7 Å². The highest BCUT2D eigenvalue weighted by atomic mass is 16.5. The number of hydrogen-bond acceptors (Lipinski definition) is 5. The van der Waals surface area contributed by atoms with Gasteiger partial charge in [-0.05, 0) is 38.0 Å². The molecular weight excluding hydrogens is 242 g/mol. The van der Waals surface area contributed by atoms with E-state index in [4.69, 9.17) is 9.26 Å². The van der Waals surface area contributed by atoms with Gasteiger partial charge in [0.05, 0.1) is 6.61 Å². The van der Waals surface area contributed by atoms with Crippen molar-refractivity contribution in [1.29, 1.82) is 0 Å². The van der Waals surface area contributed by atoms with Crippen molar-refractivity contribution in [2.24, 2.45) is 5.92 Å². The molecule has 3 atom stereocenters. The van der Waals surface area contributed by atoms with Crippen molar-refractivity contribution in [3.8, 4) is 0 Å². The van der Waals surface area contributed by atoms with Crippen LogP contribution in [0.5, 0.6) is 0 Å². The standard InChI is InChI=1S/C14H21N3O2/c1-2-12-6-9(5-11(1)15-12)7-13-16-14(17-19-13)10-3-4-18-8-10/h9-12,15H,1-8H2. The first-order valence-electron chi connectivity index (χ1n) is 7.53. The van der Waals surface area contributed by atoms with Crippen LogP contribution in [0.25, 0.3) is 0 Å². The van der Waals surface area contributed by atoms with Crippen molar-refractivity contribution in [3.05, 3.63) is 11.7 Å². The molecule has 1 aromatic heterocycles. The molecule has 4 rings (SSSR count). The number of fused-ring (bicyclic) bond motifs is 2. The first kappa shape index (κ1) is 11.9. The predicted molar refractivity (Wildman–Crippen MR) is 68.8 cm³/mol. The van der Waals surface area contributed by atoms with E-state index < -0.39 is 0 Å². The van der Waals surface area contributed by atoms with Gasteiger partial charge in [-0.3, -0.25) is 0 Å². The second-order valence-corrected chi connectivity index (χ2v) is 6.29. The third kappa shape index (κ3) is 2.41. The fraction of sp³-hybridized carbons (Fsp3) is 0.857. The van der Waals surface area contributed by atoms with Gasteiger partial charge in [0.25, 0.3) is 0 Å². The molecule has 3 saturated heterocycles. The van der Waals surface area contributed by atoms with Gasteiger partial charge in [-0.1, -0.05) is 5.16 Å². The van der Waals surface area contributed by atoms with Crippen LogP contribution >= 0.6 is 0 Å². The van der Waals surface area contributed by atoms with Crippen LogP contribution in [0.3, 0.4) is 0 Å². The van der Waals surface area contributed by atoms with E-state index in [0.717, 1.165) is 49.9 Å². The topological polar surface area (TPSA) is 60.2 Å². The summed E-state index contributed by atoms with van der Waals surface area (Å²) >= 11 is 0. The molecule has 5 nitrogen and oxygen atoms in total. The molecule has 104 valence electrons. The molecule has 3 fully saturated rings. The smallest absolute Gasteiger partial charge is 0.226 e. The minimum atomic E-state index is 0.349. The highest BCUT2D eigenvalue weighted by Crippen LogP contribution is 2.33. The molecule has 19 heavy (non-hydrogen) atoms. The molecule has 1 aromatic rings. The van der Waals surface area contributed by atoms with Crippen LogP contribution in [0.4, 0.5) is 0 Å². The van der Waals surface area contributed by atoms with E-state index in [-0.39, 0.29) is 0 Å². The molecule has 3 aliphatic rings. The number of rotatable bonds is 3. The van der Waals surface area contributed by atoms with Crippen LogP contribution in [0.2, 0.25) is 0 Å². The highest BCUT2D eigenvalue weighted by molar-refractivity contribution is 5.00.